The van der Waals surface area contributed by atoms with E-state index in [-0.39, 0.29) is 12.4 Å². The van der Waals surface area contributed by atoms with Crippen LogP contribution in [0.1, 0.15) is 29.3 Å². The molecule has 0 aliphatic heterocycles. The van der Waals surface area contributed by atoms with Crippen LogP contribution in [0.2, 0.25) is 0 Å². The summed E-state index contributed by atoms with van der Waals surface area (Å²) in [7, 11) is 1.31. The van der Waals surface area contributed by atoms with Crippen molar-refractivity contribution >= 4 is 11.9 Å². The number of methoxy groups -OCH3 is 1. The second-order valence-corrected chi connectivity index (χ2v) is 3.55. The predicted octanol–water partition coefficient (Wildman–Crippen LogP) is 1.97. The third-order valence-corrected chi connectivity index (χ3v) is 2.22. The molecule has 0 atom stereocenters. The van der Waals surface area contributed by atoms with Crippen LogP contribution in [0.25, 0.3) is 0 Å². The van der Waals surface area contributed by atoms with Crippen molar-refractivity contribution in [3.05, 3.63) is 35.4 Å². The standard InChI is InChI=1S/C13H16O4/c1-3-8-17-12(14)9-10-6-4-5-7-11(10)13(15)16-2/h4-7H,3,8-9H2,1-2H3. The van der Waals surface area contributed by atoms with Crippen molar-refractivity contribution in [2.24, 2.45) is 0 Å². The minimum Gasteiger partial charge on any atom is -0.465 e. The van der Waals surface area contributed by atoms with Crippen LogP contribution in [0.5, 0.6) is 0 Å². The highest BCUT2D eigenvalue weighted by Gasteiger charge is 2.14. The Labute approximate surface area is 101 Å². The largest absolute Gasteiger partial charge is 0.465 e. The monoisotopic (exact) mass is 236 g/mol. The zero-order chi connectivity index (χ0) is 12.7. The van der Waals surface area contributed by atoms with Crippen molar-refractivity contribution in [3.8, 4) is 0 Å². The zero-order valence-electron chi connectivity index (χ0n) is 10.1. The molecule has 17 heavy (non-hydrogen) atoms. The van der Waals surface area contributed by atoms with Gasteiger partial charge < -0.3 is 9.47 Å². The van der Waals surface area contributed by atoms with E-state index < -0.39 is 5.97 Å². The summed E-state index contributed by atoms with van der Waals surface area (Å²) >= 11 is 0. The Morgan fingerprint density at radius 2 is 1.94 bits per heavy atom. The first kappa shape index (κ1) is 13.2. The second kappa shape index (κ2) is 6.68. The number of hydrogen-bond donors (Lipinski definition) is 0. The molecule has 4 heteroatoms. The van der Waals surface area contributed by atoms with Crippen molar-refractivity contribution in [2.75, 3.05) is 13.7 Å². The Hall–Kier alpha value is -1.84. The molecule has 1 rings (SSSR count). The normalized spacial score (nSPS) is 9.76. The van der Waals surface area contributed by atoms with Gasteiger partial charge in [-0.1, -0.05) is 25.1 Å². The van der Waals surface area contributed by atoms with Crippen molar-refractivity contribution in [3.63, 3.8) is 0 Å². The number of rotatable bonds is 5. The average Bonchev–Trinajstić information content (AvgIpc) is 2.36. The summed E-state index contributed by atoms with van der Waals surface area (Å²) in [5.74, 6) is -0.771. The molecule has 1 aromatic carbocycles. The van der Waals surface area contributed by atoms with Gasteiger partial charge in [-0.05, 0) is 18.1 Å². The van der Waals surface area contributed by atoms with Gasteiger partial charge in [0.05, 0.1) is 25.7 Å². The summed E-state index contributed by atoms with van der Waals surface area (Å²) in [5.41, 5.74) is 1.03. The Morgan fingerprint density at radius 3 is 2.59 bits per heavy atom. The van der Waals surface area contributed by atoms with E-state index >= 15 is 0 Å². The molecule has 1 aromatic rings. The van der Waals surface area contributed by atoms with Crippen LogP contribution in [-0.2, 0) is 20.7 Å². The Kier molecular flexibility index (Phi) is 5.20. The molecule has 0 fully saturated rings. The van der Waals surface area contributed by atoms with Gasteiger partial charge in [0, 0.05) is 0 Å². The first-order valence-corrected chi connectivity index (χ1v) is 5.50. The minimum atomic E-state index is -0.441. The highest BCUT2D eigenvalue weighted by Crippen LogP contribution is 2.11. The van der Waals surface area contributed by atoms with Crippen molar-refractivity contribution in [2.45, 2.75) is 19.8 Å². The number of esters is 2. The molecule has 0 heterocycles. The summed E-state index contributed by atoms with van der Waals surface area (Å²) < 4.78 is 9.62. The molecule has 0 radical (unpaired) electrons. The fourth-order valence-electron chi connectivity index (χ4n) is 1.41. The third kappa shape index (κ3) is 3.90. The molecule has 0 aromatic heterocycles. The molecule has 0 saturated carbocycles. The fourth-order valence-corrected chi connectivity index (χ4v) is 1.41. The average molecular weight is 236 g/mol. The van der Waals surface area contributed by atoms with Gasteiger partial charge in [-0.15, -0.1) is 0 Å². The van der Waals surface area contributed by atoms with Crippen LogP contribution in [0, 0.1) is 0 Å². The molecule has 0 amide bonds. The second-order valence-electron chi connectivity index (χ2n) is 3.55. The van der Waals surface area contributed by atoms with E-state index in [0.717, 1.165) is 6.42 Å². The van der Waals surface area contributed by atoms with Crippen LogP contribution >= 0.6 is 0 Å². The topological polar surface area (TPSA) is 52.6 Å². The maximum absolute atomic E-state index is 11.5. The number of hydrogen-bond acceptors (Lipinski definition) is 4. The molecule has 4 nitrogen and oxygen atoms in total. The SMILES string of the molecule is CCCOC(=O)Cc1ccccc1C(=O)OC. The van der Waals surface area contributed by atoms with Gasteiger partial charge in [0.15, 0.2) is 0 Å². The van der Waals surface area contributed by atoms with E-state index in [0.29, 0.717) is 17.7 Å². The molecule has 0 spiro atoms. The van der Waals surface area contributed by atoms with Gasteiger partial charge in [-0.2, -0.15) is 0 Å². The van der Waals surface area contributed by atoms with E-state index in [1.54, 1.807) is 24.3 Å². The Morgan fingerprint density at radius 1 is 1.24 bits per heavy atom. The highest BCUT2D eigenvalue weighted by molar-refractivity contribution is 5.92. The van der Waals surface area contributed by atoms with E-state index in [2.05, 4.69) is 4.74 Å². The van der Waals surface area contributed by atoms with Crippen LogP contribution < -0.4 is 0 Å². The molecular formula is C13H16O4. The lowest BCUT2D eigenvalue weighted by atomic mass is 10.0. The first-order valence-electron chi connectivity index (χ1n) is 5.50. The number of benzene rings is 1. The summed E-state index contributed by atoms with van der Waals surface area (Å²) in [5, 5.41) is 0. The molecule has 0 aliphatic carbocycles. The number of carbonyl (C=O) groups excluding carboxylic acids is 2. The minimum absolute atomic E-state index is 0.0886. The zero-order valence-corrected chi connectivity index (χ0v) is 10.1. The van der Waals surface area contributed by atoms with Crippen LogP contribution in [-0.4, -0.2) is 25.7 Å². The van der Waals surface area contributed by atoms with Crippen molar-refractivity contribution < 1.29 is 19.1 Å². The van der Waals surface area contributed by atoms with Gasteiger partial charge in [0.1, 0.15) is 0 Å². The maximum Gasteiger partial charge on any atom is 0.338 e. The van der Waals surface area contributed by atoms with Crippen molar-refractivity contribution in [1.82, 2.24) is 0 Å². The van der Waals surface area contributed by atoms with Crippen LogP contribution in [0.4, 0.5) is 0 Å². The van der Waals surface area contributed by atoms with Crippen LogP contribution in [0.15, 0.2) is 24.3 Å². The lowest BCUT2D eigenvalue weighted by Crippen LogP contribution is -2.12. The summed E-state index contributed by atoms with van der Waals surface area (Å²) in [4.78, 5) is 22.9. The molecule has 0 N–H and O–H groups in total. The number of ether oxygens (including phenoxy) is 2. The van der Waals surface area contributed by atoms with E-state index in [4.69, 9.17) is 4.74 Å². The summed E-state index contributed by atoms with van der Waals surface area (Å²) in [6.45, 7) is 2.33. The number of carbonyl (C=O) groups is 2. The van der Waals surface area contributed by atoms with Gasteiger partial charge in [0.25, 0.3) is 0 Å². The predicted molar refractivity (Wildman–Crippen MR) is 62.7 cm³/mol. The van der Waals surface area contributed by atoms with E-state index in [1.165, 1.54) is 7.11 Å². The Bertz CT molecular complexity index is 398. The van der Waals surface area contributed by atoms with Gasteiger partial charge in [0.2, 0.25) is 0 Å². The molecule has 0 unspecified atom stereocenters. The molecule has 92 valence electrons. The smallest absolute Gasteiger partial charge is 0.338 e. The Balaban J connectivity index is 2.76. The molecule has 0 aliphatic rings. The van der Waals surface area contributed by atoms with Gasteiger partial charge in [-0.25, -0.2) is 4.79 Å². The maximum atomic E-state index is 11.5. The lowest BCUT2D eigenvalue weighted by Gasteiger charge is -2.07. The fraction of sp³-hybridized carbons (Fsp3) is 0.385. The van der Waals surface area contributed by atoms with E-state index in [1.807, 2.05) is 6.92 Å². The summed E-state index contributed by atoms with van der Waals surface area (Å²) in [6, 6.07) is 6.86. The first-order chi connectivity index (χ1) is 8.19. The van der Waals surface area contributed by atoms with E-state index in [9.17, 15) is 9.59 Å². The third-order valence-electron chi connectivity index (χ3n) is 2.22. The quantitative estimate of drug-likeness (QED) is 0.733. The highest BCUT2D eigenvalue weighted by atomic mass is 16.5. The summed E-state index contributed by atoms with van der Waals surface area (Å²) in [6.07, 6.45) is 0.871. The van der Waals surface area contributed by atoms with Crippen molar-refractivity contribution in [1.29, 1.82) is 0 Å². The van der Waals surface area contributed by atoms with Gasteiger partial charge in [-0.3, -0.25) is 4.79 Å². The molecular weight excluding hydrogens is 220 g/mol. The molecule has 0 bridgehead atoms. The lowest BCUT2D eigenvalue weighted by molar-refractivity contribution is -0.142. The van der Waals surface area contributed by atoms with Crippen LogP contribution in [0.3, 0.4) is 0 Å². The molecule has 0 saturated heterocycles. The van der Waals surface area contributed by atoms with Gasteiger partial charge >= 0.3 is 11.9 Å².